The number of fused-ring (bicyclic) bond motifs is 1. The molecule has 0 unspecified atom stereocenters. The molecule has 2 heterocycles. The van der Waals surface area contributed by atoms with Crippen LogP contribution < -0.4 is 0 Å². The van der Waals surface area contributed by atoms with Gasteiger partial charge in [0, 0.05) is 20.1 Å². The summed E-state index contributed by atoms with van der Waals surface area (Å²) in [6.45, 7) is 6.78. The molecule has 0 aliphatic carbocycles. The highest BCUT2D eigenvalue weighted by atomic mass is 16.3. The van der Waals surface area contributed by atoms with Gasteiger partial charge in [0.1, 0.15) is 17.4 Å². The molecular weight excluding hydrogens is 300 g/mol. The molecule has 1 fully saturated rings. The van der Waals surface area contributed by atoms with Gasteiger partial charge in [0.15, 0.2) is 5.82 Å². The number of hydrogen-bond acceptors (Lipinski definition) is 4. The van der Waals surface area contributed by atoms with E-state index < -0.39 is 0 Å². The minimum atomic E-state index is 0.109. The van der Waals surface area contributed by atoms with E-state index in [1.54, 1.807) is 0 Å². The van der Waals surface area contributed by atoms with Crippen LogP contribution in [0.1, 0.15) is 26.1 Å². The van der Waals surface area contributed by atoms with Gasteiger partial charge in [0.2, 0.25) is 0 Å². The van der Waals surface area contributed by atoms with Crippen molar-refractivity contribution in [3.63, 3.8) is 0 Å². The summed E-state index contributed by atoms with van der Waals surface area (Å²) in [4.78, 5) is 6.76. The number of para-hydroxylation sites is 2. The second-order valence-electron chi connectivity index (χ2n) is 7.06. The molecule has 0 saturated carbocycles. The third-order valence-electron chi connectivity index (χ3n) is 4.73. The molecule has 5 heteroatoms. The number of nitriles is 1. The van der Waals surface area contributed by atoms with Crippen molar-refractivity contribution in [1.29, 1.82) is 5.26 Å². The first-order valence-electron chi connectivity index (χ1n) is 8.46. The zero-order valence-electron chi connectivity index (χ0n) is 14.5. The maximum absolute atomic E-state index is 10.6. The van der Waals surface area contributed by atoms with Crippen molar-refractivity contribution in [1.82, 2.24) is 14.5 Å². The van der Waals surface area contributed by atoms with E-state index in [1.807, 2.05) is 35.9 Å². The molecule has 0 radical (unpaired) electrons. The maximum Gasteiger partial charge on any atom is 0.155 e. The van der Waals surface area contributed by atoms with E-state index in [0.717, 1.165) is 24.1 Å². The van der Waals surface area contributed by atoms with Crippen LogP contribution in [0.25, 0.3) is 16.6 Å². The smallest absolute Gasteiger partial charge is 0.155 e. The Morgan fingerprint density at radius 3 is 2.58 bits per heavy atom. The summed E-state index contributed by atoms with van der Waals surface area (Å²) in [5.74, 6) is 1.86. The second-order valence-corrected chi connectivity index (χ2v) is 7.06. The summed E-state index contributed by atoms with van der Waals surface area (Å²) < 4.78 is 1.87. The Bertz CT molecular complexity index is 804. The van der Waals surface area contributed by atoms with Crippen LogP contribution in [0.5, 0.6) is 0 Å². The normalized spacial score (nSPS) is 23.1. The topological polar surface area (TPSA) is 65.1 Å². The Balaban J connectivity index is 1.92. The minimum absolute atomic E-state index is 0.109. The highest BCUT2D eigenvalue weighted by Gasteiger charge is 2.24. The number of aromatic nitrogens is 2. The molecule has 3 rings (SSSR count). The zero-order valence-corrected chi connectivity index (χ0v) is 14.5. The molecule has 0 amide bonds. The highest BCUT2D eigenvalue weighted by molar-refractivity contribution is 5.83. The zero-order chi connectivity index (χ0) is 17.3. The molecule has 24 heavy (non-hydrogen) atoms. The number of aliphatic hydroxyl groups is 1. The van der Waals surface area contributed by atoms with Crippen molar-refractivity contribution < 1.29 is 5.11 Å². The minimum Gasteiger partial charge on any atom is -0.509 e. The lowest BCUT2D eigenvalue weighted by Crippen LogP contribution is -2.39. The molecule has 126 valence electrons. The van der Waals surface area contributed by atoms with Gasteiger partial charge in [-0.15, -0.1) is 0 Å². The van der Waals surface area contributed by atoms with Crippen molar-refractivity contribution in [2.45, 2.75) is 20.3 Å². The van der Waals surface area contributed by atoms with Crippen LogP contribution in [0.2, 0.25) is 0 Å². The SMILES string of the molecule is C[C@@H]1C[C@@H](C)CN(C/C(O)=C(\C#N)c2nc3ccccc3n2C)C1. The van der Waals surface area contributed by atoms with Crippen molar-refractivity contribution in [2.75, 3.05) is 19.6 Å². The molecule has 1 aliphatic rings. The Labute approximate surface area is 142 Å². The first-order valence-corrected chi connectivity index (χ1v) is 8.46. The number of nitrogens with zero attached hydrogens (tertiary/aromatic N) is 4. The summed E-state index contributed by atoms with van der Waals surface area (Å²) in [7, 11) is 1.88. The number of aryl methyl sites for hydroxylation is 1. The lowest BCUT2D eigenvalue weighted by Gasteiger charge is -2.34. The van der Waals surface area contributed by atoms with E-state index in [2.05, 4.69) is 29.8 Å². The van der Waals surface area contributed by atoms with Gasteiger partial charge in [-0.3, -0.25) is 4.90 Å². The molecule has 1 aliphatic heterocycles. The number of allylic oxidation sites excluding steroid dienone is 1. The molecule has 1 N–H and O–H groups in total. The van der Waals surface area contributed by atoms with Crippen LogP contribution in [-0.4, -0.2) is 39.2 Å². The fraction of sp³-hybridized carbons (Fsp3) is 0.474. The molecule has 1 aromatic carbocycles. The number of aliphatic hydroxyl groups excluding tert-OH is 1. The molecule has 2 aromatic rings. The highest BCUT2D eigenvalue weighted by Crippen LogP contribution is 2.25. The van der Waals surface area contributed by atoms with Gasteiger partial charge in [-0.2, -0.15) is 5.26 Å². The largest absolute Gasteiger partial charge is 0.509 e. The molecule has 0 spiro atoms. The molecular formula is C19H24N4O. The molecule has 1 saturated heterocycles. The van der Waals surface area contributed by atoms with E-state index in [1.165, 1.54) is 6.42 Å². The monoisotopic (exact) mass is 324 g/mol. The second kappa shape index (κ2) is 6.66. The van der Waals surface area contributed by atoms with Crippen LogP contribution in [-0.2, 0) is 7.05 Å². The molecule has 2 atom stereocenters. The van der Waals surface area contributed by atoms with Crippen molar-refractivity contribution >= 4 is 16.6 Å². The Morgan fingerprint density at radius 1 is 1.29 bits per heavy atom. The lowest BCUT2D eigenvalue weighted by atomic mass is 9.92. The summed E-state index contributed by atoms with van der Waals surface area (Å²) in [5.41, 5.74) is 2.05. The predicted molar refractivity (Wildman–Crippen MR) is 95.3 cm³/mol. The van der Waals surface area contributed by atoms with Gasteiger partial charge in [-0.1, -0.05) is 26.0 Å². The van der Waals surface area contributed by atoms with Crippen LogP contribution in [0.3, 0.4) is 0 Å². The van der Waals surface area contributed by atoms with Gasteiger partial charge in [0.25, 0.3) is 0 Å². The van der Waals surface area contributed by atoms with Crippen LogP contribution in [0.4, 0.5) is 0 Å². The molecule has 5 nitrogen and oxygen atoms in total. The average Bonchev–Trinajstić information content (AvgIpc) is 2.84. The molecule has 0 bridgehead atoms. The van der Waals surface area contributed by atoms with Gasteiger partial charge >= 0.3 is 0 Å². The Hall–Kier alpha value is -2.32. The van der Waals surface area contributed by atoms with Gasteiger partial charge in [0.05, 0.1) is 17.6 Å². The number of rotatable bonds is 3. The van der Waals surface area contributed by atoms with E-state index in [9.17, 15) is 10.4 Å². The number of likely N-dealkylation sites (tertiary alicyclic amines) is 1. The van der Waals surface area contributed by atoms with E-state index in [4.69, 9.17) is 0 Å². The fourth-order valence-corrected chi connectivity index (χ4v) is 3.82. The standard InChI is InChI=1S/C19H24N4O/c1-13-8-14(2)11-23(10-13)12-18(24)15(9-20)19-21-16-6-4-5-7-17(16)22(19)3/h4-7,13-14,24H,8,10-12H2,1-3H3/b18-15-/t13-,14-/m1/s1. The van der Waals surface area contributed by atoms with Crippen molar-refractivity contribution in [3.05, 3.63) is 35.8 Å². The number of piperidine rings is 1. The van der Waals surface area contributed by atoms with Crippen molar-refractivity contribution in [3.8, 4) is 6.07 Å². The predicted octanol–water partition coefficient (Wildman–Crippen LogP) is 3.34. The Morgan fingerprint density at radius 2 is 1.96 bits per heavy atom. The van der Waals surface area contributed by atoms with Crippen LogP contribution in [0.15, 0.2) is 30.0 Å². The third kappa shape index (κ3) is 3.15. The number of imidazole rings is 1. The maximum atomic E-state index is 10.6. The summed E-state index contributed by atoms with van der Waals surface area (Å²) >= 11 is 0. The summed E-state index contributed by atoms with van der Waals surface area (Å²) in [6, 6.07) is 9.90. The van der Waals surface area contributed by atoms with Crippen molar-refractivity contribution in [2.24, 2.45) is 18.9 Å². The van der Waals surface area contributed by atoms with Gasteiger partial charge in [-0.25, -0.2) is 4.98 Å². The first-order chi connectivity index (χ1) is 11.5. The molecule has 1 aromatic heterocycles. The fourth-order valence-electron chi connectivity index (χ4n) is 3.82. The van der Waals surface area contributed by atoms with E-state index in [0.29, 0.717) is 24.2 Å². The summed E-state index contributed by atoms with van der Waals surface area (Å²) in [5, 5.41) is 20.2. The Kier molecular flexibility index (Phi) is 4.59. The van der Waals surface area contributed by atoms with E-state index >= 15 is 0 Å². The first kappa shape index (κ1) is 16.5. The quantitative estimate of drug-likeness (QED) is 0.694. The van der Waals surface area contributed by atoms with Crippen LogP contribution >= 0.6 is 0 Å². The number of hydrogen-bond donors (Lipinski definition) is 1. The average molecular weight is 324 g/mol. The lowest BCUT2D eigenvalue weighted by molar-refractivity contribution is 0.138. The van der Waals surface area contributed by atoms with Gasteiger partial charge in [-0.05, 0) is 30.4 Å². The van der Waals surface area contributed by atoms with Crippen LogP contribution in [0, 0.1) is 23.2 Å². The summed E-state index contributed by atoms with van der Waals surface area (Å²) in [6.07, 6.45) is 1.22. The third-order valence-corrected chi connectivity index (χ3v) is 4.73. The van der Waals surface area contributed by atoms with Gasteiger partial charge < -0.3 is 9.67 Å². The van der Waals surface area contributed by atoms with E-state index in [-0.39, 0.29) is 11.3 Å². The number of benzene rings is 1.